The van der Waals surface area contributed by atoms with Crippen molar-refractivity contribution in [3.63, 3.8) is 0 Å². The molecule has 0 saturated heterocycles. The molecule has 0 aromatic carbocycles. The van der Waals surface area contributed by atoms with Crippen LogP contribution in [0.4, 0.5) is 0 Å². The quantitative estimate of drug-likeness (QED) is 0.816. The molecule has 0 saturated carbocycles. The first-order valence-corrected chi connectivity index (χ1v) is 5.99. The van der Waals surface area contributed by atoms with Crippen molar-refractivity contribution in [1.82, 2.24) is 14.5 Å². The summed E-state index contributed by atoms with van der Waals surface area (Å²) in [5.41, 5.74) is 0.873. The second kappa shape index (κ2) is 4.57. The smallest absolute Gasteiger partial charge is 0.253 e. The van der Waals surface area contributed by atoms with Gasteiger partial charge in [-0.05, 0) is 0 Å². The molecule has 2 heterocycles. The fraction of sp³-hybridized carbons (Fsp3) is 0.364. The van der Waals surface area contributed by atoms with Gasteiger partial charge in [0.05, 0.1) is 23.6 Å². The zero-order valence-corrected chi connectivity index (χ0v) is 10.1. The van der Waals surface area contributed by atoms with Gasteiger partial charge >= 0.3 is 0 Å². The van der Waals surface area contributed by atoms with E-state index in [1.807, 2.05) is 5.38 Å². The molecule has 0 unspecified atom stereocenters. The third kappa shape index (κ3) is 2.36. The van der Waals surface area contributed by atoms with Crippen LogP contribution in [0.2, 0.25) is 0 Å². The molecule has 0 aliphatic rings. The van der Waals surface area contributed by atoms with Crippen LogP contribution in [0.5, 0.6) is 0 Å². The highest BCUT2D eigenvalue weighted by molar-refractivity contribution is 7.09. The maximum absolute atomic E-state index is 11.5. The first-order valence-electron chi connectivity index (χ1n) is 5.11. The number of hydrogen-bond acceptors (Lipinski definition) is 4. The molecule has 0 aliphatic carbocycles. The van der Waals surface area contributed by atoms with Crippen LogP contribution in [0.15, 0.2) is 28.8 Å². The van der Waals surface area contributed by atoms with Crippen LogP contribution in [-0.2, 0) is 6.54 Å². The van der Waals surface area contributed by atoms with Crippen molar-refractivity contribution in [2.24, 2.45) is 0 Å². The Morgan fingerprint density at radius 1 is 1.50 bits per heavy atom. The van der Waals surface area contributed by atoms with E-state index >= 15 is 0 Å². The van der Waals surface area contributed by atoms with E-state index < -0.39 is 0 Å². The van der Waals surface area contributed by atoms with Gasteiger partial charge in [-0.25, -0.2) is 9.97 Å². The second-order valence-corrected chi connectivity index (χ2v) is 4.77. The van der Waals surface area contributed by atoms with Crippen LogP contribution >= 0.6 is 11.3 Å². The van der Waals surface area contributed by atoms with E-state index in [0.717, 1.165) is 10.7 Å². The van der Waals surface area contributed by atoms with Gasteiger partial charge in [0, 0.05) is 23.6 Å². The van der Waals surface area contributed by atoms with Gasteiger partial charge in [-0.3, -0.25) is 9.36 Å². The van der Waals surface area contributed by atoms with Gasteiger partial charge in [0.25, 0.3) is 5.56 Å². The van der Waals surface area contributed by atoms with Crippen LogP contribution in [0, 0.1) is 0 Å². The SMILES string of the molecule is CC(C)c1nc(Cn2cnccc2=O)cs1. The van der Waals surface area contributed by atoms with Gasteiger partial charge in [0.2, 0.25) is 0 Å². The lowest BCUT2D eigenvalue weighted by Gasteiger charge is -2.01. The van der Waals surface area contributed by atoms with Gasteiger partial charge in [-0.2, -0.15) is 0 Å². The van der Waals surface area contributed by atoms with Gasteiger partial charge in [0.1, 0.15) is 0 Å². The maximum Gasteiger partial charge on any atom is 0.253 e. The Morgan fingerprint density at radius 2 is 2.31 bits per heavy atom. The van der Waals surface area contributed by atoms with Crippen LogP contribution in [0.1, 0.15) is 30.5 Å². The first-order chi connectivity index (χ1) is 7.66. The number of nitrogens with zero attached hydrogens (tertiary/aromatic N) is 3. The summed E-state index contributed by atoms with van der Waals surface area (Å²) in [6, 6.07) is 1.45. The van der Waals surface area contributed by atoms with Crippen LogP contribution in [0.3, 0.4) is 0 Å². The Labute approximate surface area is 97.6 Å². The molecule has 5 heteroatoms. The summed E-state index contributed by atoms with van der Waals surface area (Å²) in [5, 5.41) is 3.10. The van der Waals surface area contributed by atoms with E-state index in [1.54, 1.807) is 15.9 Å². The lowest BCUT2D eigenvalue weighted by Crippen LogP contribution is -2.19. The molecule has 0 spiro atoms. The summed E-state index contributed by atoms with van der Waals surface area (Å²) >= 11 is 1.64. The van der Waals surface area contributed by atoms with Crippen molar-refractivity contribution in [3.8, 4) is 0 Å². The summed E-state index contributed by atoms with van der Waals surface area (Å²) in [6.07, 6.45) is 3.04. The molecular formula is C11H13N3OS. The molecule has 0 N–H and O–H groups in total. The molecule has 2 aromatic heterocycles. The van der Waals surface area contributed by atoms with E-state index in [1.165, 1.54) is 18.6 Å². The average Bonchev–Trinajstić information content (AvgIpc) is 2.70. The van der Waals surface area contributed by atoms with Crippen molar-refractivity contribution in [3.05, 3.63) is 45.0 Å². The summed E-state index contributed by atoms with van der Waals surface area (Å²) < 4.78 is 1.55. The van der Waals surface area contributed by atoms with Crippen molar-refractivity contribution in [2.75, 3.05) is 0 Å². The normalized spacial score (nSPS) is 10.9. The minimum Gasteiger partial charge on any atom is -0.293 e. The Bertz CT molecular complexity index is 530. The average molecular weight is 235 g/mol. The van der Waals surface area contributed by atoms with E-state index in [9.17, 15) is 4.79 Å². The Hall–Kier alpha value is -1.49. The first kappa shape index (κ1) is 11.0. The van der Waals surface area contributed by atoms with Crippen LogP contribution < -0.4 is 5.56 Å². The highest BCUT2D eigenvalue weighted by Crippen LogP contribution is 2.19. The summed E-state index contributed by atoms with van der Waals surface area (Å²) in [7, 11) is 0. The fourth-order valence-corrected chi connectivity index (χ4v) is 2.16. The minimum absolute atomic E-state index is 0.0471. The van der Waals surface area contributed by atoms with Crippen molar-refractivity contribution in [1.29, 1.82) is 0 Å². The molecular weight excluding hydrogens is 222 g/mol. The molecule has 2 aromatic rings. The lowest BCUT2D eigenvalue weighted by atomic mass is 10.2. The standard InChI is InChI=1S/C11H13N3OS/c1-8(2)11-13-9(6-16-11)5-14-7-12-4-3-10(14)15/h3-4,6-8H,5H2,1-2H3. The topological polar surface area (TPSA) is 47.8 Å². The van der Waals surface area contributed by atoms with Crippen molar-refractivity contribution >= 4 is 11.3 Å². The Kier molecular flexibility index (Phi) is 3.14. The van der Waals surface area contributed by atoms with E-state index in [0.29, 0.717) is 12.5 Å². The number of aromatic nitrogens is 3. The molecule has 0 radical (unpaired) electrons. The summed E-state index contributed by atoms with van der Waals surface area (Å²) in [5.74, 6) is 0.435. The Morgan fingerprint density at radius 3 is 2.94 bits per heavy atom. The Balaban J connectivity index is 2.21. The van der Waals surface area contributed by atoms with Gasteiger partial charge in [-0.15, -0.1) is 11.3 Å². The molecule has 16 heavy (non-hydrogen) atoms. The lowest BCUT2D eigenvalue weighted by molar-refractivity contribution is 0.715. The van der Waals surface area contributed by atoms with Crippen molar-refractivity contribution in [2.45, 2.75) is 26.3 Å². The molecule has 0 amide bonds. The van der Waals surface area contributed by atoms with E-state index in [4.69, 9.17) is 0 Å². The molecule has 0 fully saturated rings. The van der Waals surface area contributed by atoms with Crippen LogP contribution in [-0.4, -0.2) is 14.5 Å². The van der Waals surface area contributed by atoms with Gasteiger partial charge in [-0.1, -0.05) is 13.8 Å². The zero-order valence-electron chi connectivity index (χ0n) is 9.25. The minimum atomic E-state index is -0.0471. The summed E-state index contributed by atoms with van der Waals surface area (Å²) in [6.45, 7) is 4.72. The number of thiazole rings is 1. The third-order valence-corrected chi connectivity index (χ3v) is 3.38. The van der Waals surface area contributed by atoms with Gasteiger partial charge in [0.15, 0.2) is 0 Å². The monoisotopic (exact) mass is 235 g/mol. The number of hydrogen-bond donors (Lipinski definition) is 0. The fourth-order valence-electron chi connectivity index (χ4n) is 1.33. The summed E-state index contributed by atoms with van der Waals surface area (Å²) in [4.78, 5) is 19.9. The largest absolute Gasteiger partial charge is 0.293 e. The van der Waals surface area contributed by atoms with Crippen LogP contribution in [0.25, 0.3) is 0 Å². The molecule has 0 atom stereocenters. The molecule has 2 rings (SSSR count). The zero-order chi connectivity index (χ0) is 11.5. The van der Waals surface area contributed by atoms with Gasteiger partial charge < -0.3 is 0 Å². The predicted octanol–water partition coefficient (Wildman–Crippen LogP) is 1.87. The highest BCUT2D eigenvalue weighted by Gasteiger charge is 2.06. The molecule has 0 bridgehead atoms. The third-order valence-electron chi connectivity index (χ3n) is 2.19. The molecule has 0 aliphatic heterocycles. The van der Waals surface area contributed by atoms with Crippen molar-refractivity contribution < 1.29 is 0 Å². The maximum atomic E-state index is 11.5. The number of rotatable bonds is 3. The predicted molar refractivity (Wildman–Crippen MR) is 63.8 cm³/mol. The van der Waals surface area contributed by atoms with E-state index in [2.05, 4.69) is 23.8 Å². The molecule has 84 valence electrons. The highest BCUT2D eigenvalue weighted by atomic mass is 32.1. The second-order valence-electron chi connectivity index (χ2n) is 3.88. The van der Waals surface area contributed by atoms with E-state index in [-0.39, 0.29) is 5.56 Å². The molecule has 4 nitrogen and oxygen atoms in total.